The molecule has 0 aromatic carbocycles. The third-order valence-corrected chi connectivity index (χ3v) is 2.24. The van der Waals surface area contributed by atoms with Crippen molar-refractivity contribution in [2.45, 2.75) is 26.2 Å². The third-order valence-electron chi connectivity index (χ3n) is 2.24. The predicted molar refractivity (Wildman–Crippen MR) is 62.2 cm³/mol. The Balaban J connectivity index is 2.55. The van der Waals surface area contributed by atoms with Gasteiger partial charge in [-0.3, -0.25) is 9.78 Å². The lowest BCUT2D eigenvalue weighted by molar-refractivity contribution is -0.107. The van der Waals surface area contributed by atoms with E-state index < -0.39 is 0 Å². The molecule has 3 nitrogen and oxygen atoms in total. The fraction of sp³-hybridized carbons (Fsp3) is 0.308. The quantitative estimate of drug-likeness (QED) is 0.318. The van der Waals surface area contributed by atoms with E-state index in [1.54, 1.807) is 30.6 Å². The highest BCUT2D eigenvalue weighted by atomic mass is 16.1. The number of nitrogens with zero attached hydrogens (tertiary/aromatic N) is 1. The first-order valence-corrected chi connectivity index (χ1v) is 5.29. The number of carbonyl (C=O) groups excluding carboxylic acids is 2. The second kappa shape index (κ2) is 6.67. The van der Waals surface area contributed by atoms with Gasteiger partial charge in [0.05, 0.1) is 0 Å². The van der Waals surface area contributed by atoms with Crippen LogP contribution in [-0.4, -0.2) is 17.1 Å². The van der Waals surface area contributed by atoms with Crippen LogP contribution >= 0.6 is 0 Å². The molecule has 0 spiro atoms. The van der Waals surface area contributed by atoms with Crippen molar-refractivity contribution in [3.05, 3.63) is 41.7 Å². The minimum absolute atomic E-state index is 0.00833. The molecule has 0 aliphatic carbocycles. The molecule has 3 heteroatoms. The first-order chi connectivity index (χ1) is 7.74. The first kappa shape index (κ1) is 12.3. The highest BCUT2D eigenvalue weighted by Crippen LogP contribution is 2.08. The molecule has 0 atom stereocenters. The second-order valence-electron chi connectivity index (χ2n) is 3.65. The van der Waals surface area contributed by atoms with Crippen LogP contribution in [0.25, 0.3) is 0 Å². The number of carbonyl (C=O) groups is 2. The zero-order valence-electron chi connectivity index (χ0n) is 9.35. The lowest BCUT2D eigenvalue weighted by Crippen LogP contribution is -1.95. The Kier molecular flexibility index (Phi) is 5.12. The predicted octanol–water partition coefficient (Wildman–Crippen LogP) is 2.58. The summed E-state index contributed by atoms with van der Waals surface area (Å²) in [5, 5.41) is 0. The molecule has 84 valence electrons. The van der Waals surface area contributed by atoms with E-state index in [2.05, 4.69) is 4.98 Å². The van der Waals surface area contributed by atoms with E-state index in [0.717, 1.165) is 24.7 Å². The maximum absolute atomic E-state index is 11.7. The smallest absolute Gasteiger partial charge is 0.185 e. The maximum Gasteiger partial charge on any atom is 0.185 e. The number of unbranched alkanes of at least 4 members (excludes halogenated alkanes) is 1. The van der Waals surface area contributed by atoms with Gasteiger partial charge in [-0.15, -0.1) is 0 Å². The molecule has 0 saturated carbocycles. The SMILES string of the molecule is C/C(=C\C(=O)c1ccncc1)CCCC=O. The lowest BCUT2D eigenvalue weighted by atomic mass is 10.1. The molecule has 0 fully saturated rings. The largest absolute Gasteiger partial charge is 0.303 e. The third kappa shape index (κ3) is 4.17. The van der Waals surface area contributed by atoms with Gasteiger partial charge in [-0.25, -0.2) is 0 Å². The molecule has 0 saturated heterocycles. The van der Waals surface area contributed by atoms with Crippen LogP contribution in [0.15, 0.2) is 36.2 Å². The second-order valence-corrected chi connectivity index (χ2v) is 3.65. The fourth-order valence-electron chi connectivity index (χ4n) is 1.36. The number of allylic oxidation sites excluding steroid dienone is 2. The summed E-state index contributed by atoms with van der Waals surface area (Å²) in [6.07, 6.45) is 7.86. The van der Waals surface area contributed by atoms with Crippen molar-refractivity contribution < 1.29 is 9.59 Å². The fourth-order valence-corrected chi connectivity index (χ4v) is 1.36. The number of ketones is 1. The van der Waals surface area contributed by atoms with Crippen molar-refractivity contribution in [2.24, 2.45) is 0 Å². The van der Waals surface area contributed by atoms with Crippen LogP contribution in [0.5, 0.6) is 0 Å². The zero-order chi connectivity index (χ0) is 11.8. The average molecular weight is 217 g/mol. The van der Waals surface area contributed by atoms with Crippen LogP contribution in [0, 0.1) is 0 Å². The van der Waals surface area contributed by atoms with Crippen molar-refractivity contribution in [1.82, 2.24) is 4.98 Å². The van der Waals surface area contributed by atoms with E-state index >= 15 is 0 Å². The number of hydrogen-bond acceptors (Lipinski definition) is 3. The molecule has 0 amide bonds. The number of pyridine rings is 1. The lowest BCUT2D eigenvalue weighted by Gasteiger charge is -1.99. The van der Waals surface area contributed by atoms with Crippen molar-refractivity contribution >= 4 is 12.1 Å². The van der Waals surface area contributed by atoms with E-state index in [4.69, 9.17) is 0 Å². The summed E-state index contributed by atoms with van der Waals surface area (Å²) in [6, 6.07) is 3.38. The molecule has 0 aliphatic rings. The minimum atomic E-state index is -0.00833. The Morgan fingerprint density at radius 2 is 2.06 bits per heavy atom. The number of rotatable bonds is 6. The summed E-state index contributed by atoms with van der Waals surface area (Å²) in [7, 11) is 0. The van der Waals surface area contributed by atoms with Crippen molar-refractivity contribution in [2.75, 3.05) is 0 Å². The Morgan fingerprint density at radius 1 is 1.38 bits per heavy atom. The maximum atomic E-state index is 11.7. The van der Waals surface area contributed by atoms with Crippen LogP contribution in [-0.2, 0) is 4.79 Å². The van der Waals surface area contributed by atoms with Crippen molar-refractivity contribution in [3.63, 3.8) is 0 Å². The molecule has 1 heterocycles. The van der Waals surface area contributed by atoms with Gasteiger partial charge in [-0.1, -0.05) is 5.57 Å². The van der Waals surface area contributed by atoms with Gasteiger partial charge in [0.1, 0.15) is 6.29 Å². The van der Waals surface area contributed by atoms with Crippen LogP contribution in [0.4, 0.5) is 0 Å². The topological polar surface area (TPSA) is 47.0 Å². The standard InChI is InChI=1S/C13H15NO2/c1-11(4-2-3-9-15)10-13(16)12-5-7-14-8-6-12/h5-10H,2-4H2,1H3/b11-10+. The monoisotopic (exact) mass is 217 g/mol. The summed E-state index contributed by atoms with van der Waals surface area (Å²) in [5.41, 5.74) is 1.65. The van der Waals surface area contributed by atoms with Gasteiger partial charge < -0.3 is 4.79 Å². The number of hydrogen-bond donors (Lipinski definition) is 0. The Labute approximate surface area is 95.2 Å². The van der Waals surface area contributed by atoms with Crippen molar-refractivity contribution in [1.29, 1.82) is 0 Å². The summed E-state index contributed by atoms with van der Waals surface area (Å²) in [5.74, 6) is -0.00833. The highest BCUT2D eigenvalue weighted by Gasteiger charge is 2.01. The number of aldehydes is 1. The Hall–Kier alpha value is -1.77. The molecule has 16 heavy (non-hydrogen) atoms. The molecular formula is C13H15NO2. The summed E-state index contributed by atoms with van der Waals surface area (Å²) in [6.45, 7) is 1.91. The van der Waals surface area contributed by atoms with Gasteiger partial charge in [0.2, 0.25) is 0 Å². The molecule has 0 N–H and O–H groups in total. The molecule has 0 unspecified atom stereocenters. The average Bonchev–Trinajstić information content (AvgIpc) is 2.30. The van der Waals surface area contributed by atoms with Gasteiger partial charge in [0.15, 0.2) is 5.78 Å². The van der Waals surface area contributed by atoms with Gasteiger partial charge >= 0.3 is 0 Å². The van der Waals surface area contributed by atoms with Crippen LogP contribution in [0.3, 0.4) is 0 Å². The van der Waals surface area contributed by atoms with Crippen molar-refractivity contribution in [3.8, 4) is 0 Å². The van der Waals surface area contributed by atoms with Gasteiger partial charge in [-0.05, 0) is 38.0 Å². The van der Waals surface area contributed by atoms with E-state index in [1.807, 2.05) is 6.92 Å². The van der Waals surface area contributed by atoms with E-state index in [0.29, 0.717) is 12.0 Å². The molecule has 1 rings (SSSR count). The Morgan fingerprint density at radius 3 is 2.69 bits per heavy atom. The van der Waals surface area contributed by atoms with Crippen LogP contribution < -0.4 is 0 Å². The summed E-state index contributed by atoms with van der Waals surface area (Å²) < 4.78 is 0. The van der Waals surface area contributed by atoms with Gasteiger partial charge in [-0.2, -0.15) is 0 Å². The molecule has 1 aromatic heterocycles. The van der Waals surface area contributed by atoms with E-state index in [1.165, 1.54) is 0 Å². The zero-order valence-corrected chi connectivity index (χ0v) is 9.35. The summed E-state index contributed by atoms with van der Waals surface area (Å²) >= 11 is 0. The minimum Gasteiger partial charge on any atom is -0.303 e. The Bertz CT molecular complexity index is 382. The molecule has 0 bridgehead atoms. The van der Waals surface area contributed by atoms with Gasteiger partial charge in [0, 0.05) is 24.4 Å². The van der Waals surface area contributed by atoms with E-state index in [9.17, 15) is 9.59 Å². The van der Waals surface area contributed by atoms with Crippen LogP contribution in [0.2, 0.25) is 0 Å². The summed E-state index contributed by atoms with van der Waals surface area (Å²) in [4.78, 5) is 25.7. The molecule has 0 radical (unpaired) electrons. The molecule has 0 aliphatic heterocycles. The number of aromatic nitrogens is 1. The van der Waals surface area contributed by atoms with Gasteiger partial charge in [0.25, 0.3) is 0 Å². The van der Waals surface area contributed by atoms with E-state index in [-0.39, 0.29) is 5.78 Å². The molecular weight excluding hydrogens is 202 g/mol. The first-order valence-electron chi connectivity index (χ1n) is 5.29. The molecule has 1 aromatic rings. The normalized spacial score (nSPS) is 11.2. The highest BCUT2D eigenvalue weighted by molar-refractivity contribution is 6.04. The van der Waals surface area contributed by atoms with Crippen LogP contribution in [0.1, 0.15) is 36.5 Å².